The van der Waals surface area contributed by atoms with E-state index in [-0.39, 0.29) is 24.2 Å². The molecule has 6 heteroatoms. The van der Waals surface area contributed by atoms with E-state index in [1.807, 2.05) is 24.3 Å². The van der Waals surface area contributed by atoms with Crippen LogP contribution in [0.25, 0.3) is 0 Å². The van der Waals surface area contributed by atoms with Gasteiger partial charge in [-0.25, -0.2) is 0 Å². The number of benzene rings is 1. The average molecular weight is 328 g/mol. The Morgan fingerprint density at radius 2 is 1.68 bits per heavy atom. The Bertz CT molecular complexity index is 449. The molecule has 0 unspecified atom stereocenters. The molecule has 0 bridgehead atoms. The van der Waals surface area contributed by atoms with E-state index < -0.39 is 0 Å². The molecule has 0 fully saturated rings. The van der Waals surface area contributed by atoms with Gasteiger partial charge in [0, 0.05) is 25.6 Å². The fourth-order valence-electron chi connectivity index (χ4n) is 1.98. The summed E-state index contributed by atoms with van der Waals surface area (Å²) in [6.07, 6.45) is 4.65. The van der Waals surface area contributed by atoms with Crippen molar-refractivity contribution in [3.63, 3.8) is 0 Å². The zero-order valence-corrected chi connectivity index (χ0v) is 13.9. The van der Waals surface area contributed by atoms with E-state index in [2.05, 4.69) is 10.6 Å². The Kier molecular flexibility index (Phi) is 11.1. The molecule has 5 nitrogen and oxygen atoms in total. The van der Waals surface area contributed by atoms with Crippen LogP contribution in [0.5, 0.6) is 0 Å². The molecule has 2 amide bonds. The van der Waals surface area contributed by atoms with Crippen molar-refractivity contribution in [2.24, 2.45) is 5.73 Å². The zero-order valence-electron chi connectivity index (χ0n) is 13.1. The van der Waals surface area contributed by atoms with E-state index in [4.69, 9.17) is 5.73 Å². The van der Waals surface area contributed by atoms with Crippen LogP contribution in [0.15, 0.2) is 24.3 Å². The quantitative estimate of drug-likeness (QED) is 0.609. The molecule has 124 valence electrons. The Morgan fingerprint density at radius 3 is 2.27 bits per heavy atom. The molecule has 0 aliphatic rings. The molecule has 1 aromatic rings. The number of amides is 2. The maximum atomic E-state index is 11.7. The van der Waals surface area contributed by atoms with E-state index >= 15 is 0 Å². The van der Waals surface area contributed by atoms with Crippen LogP contribution in [0.4, 0.5) is 5.69 Å². The van der Waals surface area contributed by atoms with Crippen LogP contribution in [-0.4, -0.2) is 18.4 Å². The number of rotatable bonds is 9. The molecule has 0 aliphatic carbocycles. The summed E-state index contributed by atoms with van der Waals surface area (Å²) in [5.74, 6) is -0.0145. The summed E-state index contributed by atoms with van der Waals surface area (Å²) in [4.78, 5) is 22.6. The molecule has 0 aliphatic heterocycles. The van der Waals surface area contributed by atoms with Crippen molar-refractivity contribution in [3.05, 3.63) is 29.8 Å². The highest BCUT2D eigenvalue weighted by molar-refractivity contribution is 5.88. The Labute approximate surface area is 138 Å². The monoisotopic (exact) mass is 327 g/mol. The summed E-state index contributed by atoms with van der Waals surface area (Å²) in [6, 6.07) is 7.45. The molecule has 0 aromatic heterocycles. The maximum absolute atomic E-state index is 11.7. The third kappa shape index (κ3) is 9.37. The summed E-state index contributed by atoms with van der Waals surface area (Å²) in [6.45, 7) is 2.71. The molecule has 0 atom stereocenters. The van der Waals surface area contributed by atoms with Crippen LogP contribution in [0.1, 0.15) is 44.6 Å². The lowest BCUT2D eigenvalue weighted by atomic mass is 10.1. The van der Waals surface area contributed by atoms with Gasteiger partial charge in [0.2, 0.25) is 11.8 Å². The lowest BCUT2D eigenvalue weighted by Gasteiger charge is -2.07. The first-order chi connectivity index (χ1) is 10.1. The minimum absolute atomic E-state index is 0. The van der Waals surface area contributed by atoms with Gasteiger partial charge < -0.3 is 16.4 Å². The molecule has 0 spiro atoms. The van der Waals surface area contributed by atoms with Crippen LogP contribution in [0.2, 0.25) is 0 Å². The van der Waals surface area contributed by atoms with Crippen molar-refractivity contribution >= 4 is 29.9 Å². The fraction of sp³-hybridized carbons (Fsp3) is 0.500. The van der Waals surface area contributed by atoms with E-state index in [1.54, 1.807) is 0 Å². The number of carbonyl (C=O) groups excluding carboxylic acids is 2. The van der Waals surface area contributed by atoms with Crippen LogP contribution in [0.3, 0.4) is 0 Å². The molecule has 4 N–H and O–H groups in total. The zero-order chi connectivity index (χ0) is 15.5. The molecule has 0 radical (unpaired) electrons. The second-order valence-electron chi connectivity index (χ2n) is 5.11. The van der Waals surface area contributed by atoms with Gasteiger partial charge in [-0.15, -0.1) is 12.4 Å². The highest BCUT2D eigenvalue weighted by Crippen LogP contribution is 2.09. The van der Waals surface area contributed by atoms with Gasteiger partial charge in [0.05, 0.1) is 0 Å². The number of hydrogen-bond donors (Lipinski definition) is 3. The van der Waals surface area contributed by atoms with Gasteiger partial charge >= 0.3 is 0 Å². The molecular weight excluding hydrogens is 302 g/mol. The van der Waals surface area contributed by atoms with Gasteiger partial charge in [-0.1, -0.05) is 25.0 Å². The second kappa shape index (κ2) is 12.0. The minimum Gasteiger partial charge on any atom is -0.352 e. The smallest absolute Gasteiger partial charge is 0.221 e. The molecule has 1 rings (SSSR count). The summed E-state index contributed by atoms with van der Waals surface area (Å²) in [5.41, 5.74) is 7.19. The molecule has 1 aromatic carbocycles. The molecular formula is C16H26ClN3O2. The molecule has 0 saturated carbocycles. The summed E-state index contributed by atoms with van der Waals surface area (Å²) in [5, 5.41) is 5.61. The predicted molar refractivity (Wildman–Crippen MR) is 92.0 cm³/mol. The summed E-state index contributed by atoms with van der Waals surface area (Å²) >= 11 is 0. The topological polar surface area (TPSA) is 84.2 Å². The van der Waals surface area contributed by atoms with Gasteiger partial charge in [-0.05, 0) is 37.1 Å². The normalized spacial score (nSPS) is 9.73. The van der Waals surface area contributed by atoms with Gasteiger partial charge in [0.25, 0.3) is 0 Å². The first-order valence-corrected chi connectivity index (χ1v) is 7.45. The van der Waals surface area contributed by atoms with Gasteiger partial charge in [0.15, 0.2) is 0 Å². The standard InChI is InChI=1S/C16H25N3O2.ClH/c1-13(20)19-15-9-7-14(8-10-15)12-18-16(21)6-4-2-3-5-11-17;/h7-10H,2-6,11-12,17H2,1H3,(H,18,21)(H,19,20);1H. The lowest BCUT2D eigenvalue weighted by molar-refractivity contribution is -0.121. The number of hydrogen-bond acceptors (Lipinski definition) is 3. The van der Waals surface area contributed by atoms with Gasteiger partial charge in [-0.3, -0.25) is 9.59 Å². The van der Waals surface area contributed by atoms with Crippen molar-refractivity contribution in [1.29, 1.82) is 0 Å². The Balaban J connectivity index is 0.00000441. The van der Waals surface area contributed by atoms with Crippen LogP contribution >= 0.6 is 12.4 Å². The minimum atomic E-state index is -0.0920. The number of unbranched alkanes of at least 4 members (excludes halogenated alkanes) is 3. The number of anilines is 1. The Morgan fingerprint density at radius 1 is 1.05 bits per heavy atom. The fourth-order valence-corrected chi connectivity index (χ4v) is 1.98. The first kappa shape index (κ1) is 20.4. The largest absolute Gasteiger partial charge is 0.352 e. The number of halogens is 1. The van der Waals surface area contributed by atoms with E-state index in [9.17, 15) is 9.59 Å². The van der Waals surface area contributed by atoms with Crippen LogP contribution < -0.4 is 16.4 Å². The van der Waals surface area contributed by atoms with Crippen molar-refractivity contribution in [1.82, 2.24) is 5.32 Å². The third-order valence-electron chi connectivity index (χ3n) is 3.12. The third-order valence-corrected chi connectivity index (χ3v) is 3.12. The Hall–Kier alpha value is -1.59. The van der Waals surface area contributed by atoms with Crippen molar-refractivity contribution in [3.8, 4) is 0 Å². The summed E-state index contributed by atoms with van der Waals surface area (Å²) in [7, 11) is 0. The first-order valence-electron chi connectivity index (χ1n) is 7.45. The summed E-state index contributed by atoms with van der Waals surface area (Å²) < 4.78 is 0. The number of nitrogens with one attached hydrogen (secondary N) is 2. The number of nitrogens with two attached hydrogens (primary N) is 1. The van der Waals surface area contributed by atoms with E-state index in [0.717, 1.165) is 43.5 Å². The van der Waals surface area contributed by atoms with Crippen molar-refractivity contribution in [2.45, 2.75) is 45.6 Å². The highest BCUT2D eigenvalue weighted by Gasteiger charge is 2.02. The van der Waals surface area contributed by atoms with Crippen LogP contribution in [0, 0.1) is 0 Å². The lowest BCUT2D eigenvalue weighted by Crippen LogP contribution is -2.22. The predicted octanol–water partition coefficient (Wildman–Crippen LogP) is 2.59. The number of carbonyl (C=O) groups is 2. The highest BCUT2D eigenvalue weighted by atomic mass is 35.5. The second-order valence-corrected chi connectivity index (χ2v) is 5.11. The van der Waals surface area contributed by atoms with Crippen LogP contribution in [-0.2, 0) is 16.1 Å². The average Bonchev–Trinajstić information content (AvgIpc) is 2.46. The molecule has 22 heavy (non-hydrogen) atoms. The molecule has 0 heterocycles. The van der Waals surface area contributed by atoms with Gasteiger partial charge in [-0.2, -0.15) is 0 Å². The molecule has 0 saturated heterocycles. The van der Waals surface area contributed by atoms with Gasteiger partial charge in [0.1, 0.15) is 0 Å². The maximum Gasteiger partial charge on any atom is 0.221 e. The SMILES string of the molecule is CC(=O)Nc1ccc(CNC(=O)CCCCCCN)cc1.Cl. The van der Waals surface area contributed by atoms with Crippen molar-refractivity contribution in [2.75, 3.05) is 11.9 Å². The van der Waals surface area contributed by atoms with E-state index in [1.165, 1.54) is 6.92 Å². The van der Waals surface area contributed by atoms with E-state index in [0.29, 0.717) is 13.0 Å². The van der Waals surface area contributed by atoms with Crippen molar-refractivity contribution < 1.29 is 9.59 Å².